The second-order valence-electron chi connectivity index (χ2n) is 7.58. The molecule has 0 saturated heterocycles. The number of amides is 2. The fourth-order valence-corrected chi connectivity index (χ4v) is 3.80. The van der Waals surface area contributed by atoms with Crippen molar-refractivity contribution >= 4 is 17.6 Å². The first-order valence-electron chi connectivity index (χ1n) is 9.98. The third kappa shape index (κ3) is 4.45. The number of rotatable bonds is 6. The van der Waals surface area contributed by atoms with Crippen molar-refractivity contribution in [2.75, 3.05) is 5.32 Å². The van der Waals surface area contributed by atoms with Gasteiger partial charge < -0.3 is 10.2 Å². The van der Waals surface area contributed by atoms with Gasteiger partial charge in [-0.3, -0.25) is 9.59 Å². The summed E-state index contributed by atoms with van der Waals surface area (Å²) in [6.45, 7) is 2.09. The first-order valence-corrected chi connectivity index (χ1v) is 9.98. The molecule has 3 aromatic rings. The maximum absolute atomic E-state index is 14.6. The predicted molar refractivity (Wildman–Crippen MR) is 112 cm³/mol. The SMILES string of the molecule is Cc1ccc(NC(=O)CCC2c3c(F)cccc3C(=O)N2Cc2ccc(F)cc2)nc1. The van der Waals surface area contributed by atoms with Gasteiger partial charge in [-0.15, -0.1) is 0 Å². The highest BCUT2D eigenvalue weighted by atomic mass is 19.1. The van der Waals surface area contributed by atoms with Crippen LogP contribution in [-0.4, -0.2) is 21.7 Å². The van der Waals surface area contributed by atoms with E-state index in [-0.39, 0.29) is 37.0 Å². The Morgan fingerprint density at radius 1 is 1.10 bits per heavy atom. The number of pyridine rings is 1. The second kappa shape index (κ2) is 8.63. The number of aryl methyl sites for hydroxylation is 1. The number of fused-ring (bicyclic) bond motifs is 1. The van der Waals surface area contributed by atoms with Crippen LogP contribution in [0.25, 0.3) is 0 Å². The molecule has 1 aliphatic rings. The van der Waals surface area contributed by atoms with Crippen molar-refractivity contribution < 1.29 is 18.4 Å². The smallest absolute Gasteiger partial charge is 0.255 e. The molecule has 0 bridgehead atoms. The summed E-state index contributed by atoms with van der Waals surface area (Å²) in [5, 5.41) is 2.72. The third-order valence-corrected chi connectivity index (χ3v) is 5.34. The van der Waals surface area contributed by atoms with Crippen LogP contribution in [-0.2, 0) is 11.3 Å². The number of carbonyl (C=O) groups excluding carboxylic acids is 2. The Morgan fingerprint density at radius 3 is 2.58 bits per heavy atom. The van der Waals surface area contributed by atoms with Crippen molar-refractivity contribution in [3.63, 3.8) is 0 Å². The van der Waals surface area contributed by atoms with Gasteiger partial charge in [-0.25, -0.2) is 13.8 Å². The maximum Gasteiger partial charge on any atom is 0.255 e. The summed E-state index contributed by atoms with van der Waals surface area (Å²) in [5.74, 6) is -0.977. The van der Waals surface area contributed by atoms with Gasteiger partial charge in [0.25, 0.3) is 5.91 Å². The van der Waals surface area contributed by atoms with Gasteiger partial charge in [0.15, 0.2) is 0 Å². The van der Waals surface area contributed by atoms with Crippen LogP contribution in [0.4, 0.5) is 14.6 Å². The van der Waals surface area contributed by atoms with Crippen molar-refractivity contribution in [3.05, 3.63) is 94.7 Å². The molecule has 2 amide bonds. The largest absolute Gasteiger partial charge is 0.327 e. The number of hydrogen-bond donors (Lipinski definition) is 1. The number of aromatic nitrogens is 1. The zero-order valence-corrected chi connectivity index (χ0v) is 16.9. The van der Waals surface area contributed by atoms with Crippen LogP contribution in [0.15, 0.2) is 60.8 Å². The third-order valence-electron chi connectivity index (χ3n) is 5.34. The van der Waals surface area contributed by atoms with Gasteiger partial charge in [-0.1, -0.05) is 24.3 Å². The van der Waals surface area contributed by atoms with E-state index in [2.05, 4.69) is 10.3 Å². The summed E-state index contributed by atoms with van der Waals surface area (Å²) in [6.07, 6.45) is 1.99. The van der Waals surface area contributed by atoms with Crippen molar-refractivity contribution in [1.82, 2.24) is 9.88 Å². The Hall–Kier alpha value is -3.61. The van der Waals surface area contributed by atoms with E-state index in [1.165, 1.54) is 24.3 Å². The fraction of sp³-hybridized carbons (Fsp3) is 0.208. The molecule has 4 rings (SSSR count). The van der Waals surface area contributed by atoms with Crippen LogP contribution in [0, 0.1) is 18.6 Å². The molecule has 2 aromatic carbocycles. The number of nitrogens with zero attached hydrogens (tertiary/aromatic N) is 2. The minimum Gasteiger partial charge on any atom is -0.327 e. The predicted octanol–water partition coefficient (Wildman–Crippen LogP) is 4.78. The van der Waals surface area contributed by atoms with Gasteiger partial charge in [0, 0.05) is 30.3 Å². The number of nitrogens with one attached hydrogen (secondary N) is 1. The molecule has 1 aromatic heterocycles. The highest BCUT2D eigenvalue weighted by molar-refractivity contribution is 5.99. The van der Waals surface area contributed by atoms with E-state index in [0.29, 0.717) is 16.9 Å². The highest BCUT2D eigenvalue weighted by Gasteiger charge is 2.38. The first-order chi connectivity index (χ1) is 14.9. The average Bonchev–Trinajstić information content (AvgIpc) is 3.02. The standard InChI is InChI=1S/C24H21F2N3O2/c1-15-5-11-21(27-13-15)28-22(30)12-10-20-23-18(3-2-4-19(23)26)24(31)29(20)14-16-6-8-17(25)9-7-16/h2-9,11,13,20H,10,12,14H2,1H3,(H,27,28,30). The minimum absolute atomic E-state index is 0.0845. The Bertz CT molecular complexity index is 1110. The summed E-state index contributed by atoms with van der Waals surface area (Å²) in [5.41, 5.74) is 2.30. The minimum atomic E-state index is -0.592. The number of benzene rings is 2. The van der Waals surface area contributed by atoms with E-state index in [0.717, 1.165) is 11.1 Å². The molecule has 158 valence electrons. The summed E-state index contributed by atoms with van der Waals surface area (Å²) >= 11 is 0. The van der Waals surface area contributed by atoms with Crippen LogP contribution < -0.4 is 5.32 Å². The van der Waals surface area contributed by atoms with Gasteiger partial charge in [-0.05, 0) is 54.8 Å². The highest BCUT2D eigenvalue weighted by Crippen LogP contribution is 2.39. The molecule has 0 saturated carbocycles. The van der Waals surface area contributed by atoms with Crippen molar-refractivity contribution in [1.29, 1.82) is 0 Å². The van der Waals surface area contributed by atoms with Crippen LogP contribution in [0.1, 0.15) is 45.9 Å². The lowest BCUT2D eigenvalue weighted by Crippen LogP contribution is -2.28. The zero-order valence-electron chi connectivity index (χ0n) is 16.9. The molecule has 0 aliphatic carbocycles. The molecule has 0 fully saturated rings. The van der Waals surface area contributed by atoms with Gasteiger partial charge in [0.1, 0.15) is 17.5 Å². The molecule has 1 atom stereocenters. The summed E-state index contributed by atoms with van der Waals surface area (Å²) in [6, 6.07) is 13.2. The number of anilines is 1. The Balaban J connectivity index is 1.53. The lowest BCUT2D eigenvalue weighted by molar-refractivity contribution is -0.116. The lowest BCUT2D eigenvalue weighted by atomic mass is 9.99. The first kappa shape index (κ1) is 20.7. The molecule has 0 spiro atoms. The molecular formula is C24H21F2N3O2. The summed E-state index contributed by atoms with van der Waals surface area (Å²) in [4.78, 5) is 31.1. The summed E-state index contributed by atoms with van der Waals surface area (Å²) in [7, 11) is 0. The topological polar surface area (TPSA) is 62.3 Å². The summed E-state index contributed by atoms with van der Waals surface area (Å²) < 4.78 is 27.9. The molecule has 7 heteroatoms. The lowest BCUT2D eigenvalue weighted by Gasteiger charge is -2.25. The van der Waals surface area contributed by atoms with Gasteiger partial charge >= 0.3 is 0 Å². The van der Waals surface area contributed by atoms with E-state index in [1.54, 1.807) is 35.4 Å². The van der Waals surface area contributed by atoms with Crippen molar-refractivity contribution in [3.8, 4) is 0 Å². The van der Waals surface area contributed by atoms with Gasteiger partial charge in [-0.2, -0.15) is 0 Å². The monoisotopic (exact) mass is 421 g/mol. The van der Waals surface area contributed by atoms with E-state index in [9.17, 15) is 18.4 Å². The Kier molecular flexibility index (Phi) is 5.75. The van der Waals surface area contributed by atoms with E-state index in [1.807, 2.05) is 13.0 Å². The van der Waals surface area contributed by atoms with Crippen LogP contribution in [0.3, 0.4) is 0 Å². The van der Waals surface area contributed by atoms with E-state index < -0.39 is 11.9 Å². The van der Waals surface area contributed by atoms with Crippen molar-refractivity contribution in [2.45, 2.75) is 32.4 Å². The van der Waals surface area contributed by atoms with E-state index in [4.69, 9.17) is 0 Å². The Labute approximate surface area is 178 Å². The second-order valence-corrected chi connectivity index (χ2v) is 7.58. The number of hydrogen-bond acceptors (Lipinski definition) is 3. The normalized spacial score (nSPS) is 15.1. The number of carbonyl (C=O) groups is 2. The molecule has 2 heterocycles. The van der Waals surface area contributed by atoms with Gasteiger partial charge in [0.2, 0.25) is 5.91 Å². The Morgan fingerprint density at radius 2 is 1.87 bits per heavy atom. The molecular weight excluding hydrogens is 400 g/mol. The quantitative estimate of drug-likeness (QED) is 0.623. The number of halogens is 2. The van der Waals surface area contributed by atoms with Gasteiger partial charge in [0.05, 0.1) is 6.04 Å². The fourth-order valence-electron chi connectivity index (χ4n) is 3.80. The zero-order chi connectivity index (χ0) is 22.0. The van der Waals surface area contributed by atoms with Crippen molar-refractivity contribution in [2.24, 2.45) is 0 Å². The van der Waals surface area contributed by atoms with E-state index >= 15 is 0 Å². The molecule has 1 unspecified atom stereocenters. The van der Waals surface area contributed by atoms with Crippen LogP contribution in [0.2, 0.25) is 0 Å². The molecule has 1 N–H and O–H groups in total. The average molecular weight is 421 g/mol. The molecule has 1 aliphatic heterocycles. The van der Waals surface area contributed by atoms with Crippen LogP contribution in [0.5, 0.6) is 0 Å². The molecule has 0 radical (unpaired) electrons. The maximum atomic E-state index is 14.6. The molecule has 31 heavy (non-hydrogen) atoms. The molecule has 5 nitrogen and oxygen atoms in total. The van der Waals surface area contributed by atoms with Crippen LogP contribution >= 0.6 is 0 Å².